The number of hydrogen-bond donors (Lipinski definition) is 1. The second-order valence-corrected chi connectivity index (χ2v) is 12.4. The van der Waals surface area contributed by atoms with Crippen LogP contribution in [0.2, 0.25) is 15.1 Å². The van der Waals surface area contributed by atoms with Gasteiger partial charge in [-0.05, 0) is 73.9 Å². The van der Waals surface area contributed by atoms with Gasteiger partial charge in [-0.15, -0.1) is 0 Å². The van der Waals surface area contributed by atoms with Crippen LogP contribution in [0, 0.1) is 0 Å². The van der Waals surface area contributed by atoms with Crippen molar-refractivity contribution in [1.29, 1.82) is 0 Å². The molecule has 3 aromatic carbocycles. The summed E-state index contributed by atoms with van der Waals surface area (Å²) in [6, 6.07) is 17.9. The number of benzene rings is 3. The van der Waals surface area contributed by atoms with Gasteiger partial charge in [0.05, 0.1) is 10.6 Å². The van der Waals surface area contributed by atoms with Crippen LogP contribution in [0.5, 0.6) is 0 Å². The average Bonchev–Trinajstić information content (AvgIpc) is 2.92. The maximum absolute atomic E-state index is 14.1. The van der Waals surface area contributed by atoms with Crippen LogP contribution in [0.15, 0.2) is 77.7 Å². The Kier molecular flexibility index (Phi) is 11.3. The van der Waals surface area contributed by atoms with E-state index in [1.807, 2.05) is 13.8 Å². The van der Waals surface area contributed by atoms with Crippen LogP contribution < -0.4 is 9.62 Å². The quantitative estimate of drug-likeness (QED) is 0.247. The first-order chi connectivity index (χ1) is 19.0. The number of sulfonamides is 1. The van der Waals surface area contributed by atoms with E-state index < -0.39 is 28.5 Å². The summed E-state index contributed by atoms with van der Waals surface area (Å²) in [5, 5.41) is 4.04. The normalized spacial score (nSPS) is 12.8. The second kappa shape index (κ2) is 14.2. The van der Waals surface area contributed by atoms with Gasteiger partial charge in [0.15, 0.2) is 0 Å². The average molecular weight is 625 g/mol. The minimum absolute atomic E-state index is 0.00924. The summed E-state index contributed by atoms with van der Waals surface area (Å²) < 4.78 is 28.7. The predicted octanol–water partition coefficient (Wildman–Crippen LogP) is 6.56. The van der Waals surface area contributed by atoms with Crippen LogP contribution in [-0.4, -0.2) is 43.8 Å². The fourth-order valence-electron chi connectivity index (χ4n) is 4.06. The van der Waals surface area contributed by atoms with E-state index in [0.717, 1.165) is 4.31 Å². The van der Waals surface area contributed by atoms with Crippen molar-refractivity contribution in [2.75, 3.05) is 10.8 Å². The number of carbonyl (C=O) groups is 2. The van der Waals surface area contributed by atoms with Crippen molar-refractivity contribution in [1.82, 2.24) is 10.2 Å². The summed E-state index contributed by atoms with van der Waals surface area (Å²) in [5.41, 5.74) is 0.827. The summed E-state index contributed by atoms with van der Waals surface area (Å²) in [5.74, 6) is -0.907. The largest absolute Gasteiger partial charge is 0.352 e. The first kappa shape index (κ1) is 31.7. The van der Waals surface area contributed by atoms with Crippen molar-refractivity contribution < 1.29 is 18.0 Å². The lowest BCUT2D eigenvalue weighted by Crippen LogP contribution is -2.53. The summed E-state index contributed by atoms with van der Waals surface area (Å²) >= 11 is 18.6. The molecule has 0 bridgehead atoms. The van der Waals surface area contributed by atoms with Gasteiger partial charge in [0.2, 0.25) is 11.8 Å². The van der Waals surface area contributed by atoms with E-state index in [1.165, 1.54) is 35.2 Å². The monoisotopic (exact) mass is 623 g/mol. The molecule has 0 saturated heterocycles. The number of carbonyl (C=O) groups excluding carboxylic acids is 2. The lowest BCUT2D eigenvalue weighted by Gasteiger charge is -2.34. The molecule has 0 radical (unpaired) electrons. The Labute approximate surface area is 251 Å². The van der Waals surface area contributed by atoms with E-state index in [0.29, 0.717) is 33.5 Å². The summed E-state index contributed by atoms with van der Waals surface area (Å²) in [6.07, 6.45) is 1.02. The summed E-state index contributed by atoms with van der Waals surface area (Å²) in [7, 11) is -4.23. The Balaban J connectivity index is 2.07. The van der Waals surface area contributed by atoms with Crippen molar-refractivity contribution >= 4 is 62.3 Å². The van der Waals surface area contributed by atoms with E-state index in [4.69, 9.17) is 34.8 Å². The maximum Gasteiger partial charge on any atom is 0.264 e. The number of anilines is 1. The lowest BCUT2D eigenvalue weighted by molar-refractivity contribution is -0.140. The molecule has 2 atom stereocenters. The molecule has 0 spiro atoms. The first-order valence-corrected chi connectivity index (χ1v) is 15.4. The third-order valence-corrected chi connectivity index (χ3v) is 9.11. The molecular weight excluding hydrogens is 593 g/mol. The number of hydrogen-bond acceptors (Lipinski definition) is 4. The highest BCUT2D eigenvalue weighted by atomic mass is 35.5. The fraction of sp³-hybridized carbons (Fsp3) is 0.310. The molecular formula is C29H32Cl3N3O4S. The summed E-state index contributed by atoms with van der Waals surface area (Å²) in [4.78, 5) is 28.7. The van der Waals surface area contributed by atoms with Crippen molar-refractivity contribution in [2.24, 2.45) is 0 Å². The van der Waals surface area contributed by atoms with E-state index in [9.17, 15) is 18.0 Å². The van der Waals surface area contributed by atoms with Gasteiger partial charge in [0.1, 0.15) is 12.6 Å². The number of amides is 2. The Bertz CT molecular complexity index is 1430. The second-order valence-electron chi connectivity index (χ2n) is 9.30. The van der Waals surface area contributed by atoms with Gasteiger partial charge in [-0.1, -0.05) is 72.9 Å². The molecule has 7 nitrogen and oxygen atoms in total. The molecule has 0 aromatic heterocycles. The lowest BCUT2D eigenvalue weighted by atomic mass is 10.1. The minimum atomic E-state index is -4.23. The Morgan fingerprint density at radius 1 is 0.875 bits per heavy atom. The van der Waals surface area contributed by atoms with Crippen LogP contribution in [0.25, 0.3) is 0 Å². The van der Waals surface area contributed by atoms with Gasteiger partial charge in [-0.3, -0.25) is 13.9 Å². The molecule has 0 fully saturated rings. The Morgan fingerprint density at radius 3 is 2.15 bits per heavy atom. The van der Waals surface area contributed by atoms with Crippen molar-refractivity contribution in [2.45, 2.75) is 57.1 Å². The van der Waals surface area contributed by atoms with E-state index in [2.05, 4.69) is 5.32 Å². The molecule has 0 aliphatic carbocycles. The van der Waals surface area contributed by atoms with Gasteiger partial charge in [0.25, 0.3) is 10.0 Å². The van der Waals surface area contributed by atoms with Crippen molar-refractivity contribution in [3.05, 3.63) is 93.4 Å². The van der Waals surface area contributed by atoms with E-state index >= 15 is 0 Å². The maximum atomic E-state index is 14.1. The first-order valence-electron chi connectivity index (χ1n) is 12.8. The number of nitrogens with one attached hydrogen (secondary N) is 1. The van der Waals surface area contributed by atoms with Gasteiger partial charge in [-0.2, -0.15) is 0 Å². The Morgan fingerprint density at radius 2 is 1.55 bits per heavy atom. The van der Waals surface area contributed by atoms with Gasteiger partial charge >= 0.3 is 0 Å². The molecule has 0 unspecified atom stereocenters. The molecule has 2 amide bonds. The molecule has 3 rings (SSSR count). The third-order valence-electron chi connectivity index (χ3n) is 6.46. The number of rotatable bonds is 12. The molecule has 11 heteroatoms. The number of halogens is 3. The highest BCUT2D eigenvalue weighted by Crippen LogP contribution is 2.28. The molecule has 1 N–H and O–H groups in total. The van der Waals surface area contributed by atoms with Gasteiger partial charge in [-0.25, -0.2) is 8.42 Å². The fourth-order valence-corrected chi connectivity index (χ4v) is 5.98. The van der Waals surface area contributed by atoms with Crippen molar-refractivity contribution in [3.63, 3.8) is 0 Å². The molecule has 0 heterocycles. The topological polar surface area (TPSA) is 86.8 Å². The van der Waals surface area contributed by atoms with Crippen LogP contribution in [0.4, 0.5) is 5.69 Å². The van der Waals surface area contributed by atoms with E-state index in [1.54, 1.807) is 49.4 Å². The highest BCUT2D eigenvalue weighted by molar-refractivity contribution is 7.92. The van der Waals surface area contributed by atoms with Crippen LogP contribution in [0.1, 0.15) is 39.2 Å². The molecule has 0 aliphatic rings. The van der Waals surface area contributed by atoms with Crippen molar-refractivity contribution in [3.8, 4) is 0 Å². The SMILES string of the molecule is CC[C@H](C)NC(=O)[C@H](CC)N(Cc1ccccc1Cl)C(=O)CN(c1cccc(Cl)c1)S(=O)(=O)c1ccc(Cl)cc1. The van der Waals surface area contributed by atoms with Crippen LogP contribution >= 0.6 is 34.8 Å². The molecule has 214 valence electrons. The minimum Gasteiger partial charge on any atom is -0.352 e. The van der Waals surface area contributed by atoms with Gasteiger partial charge < -0.3 is 10.2 Å². The highest BCUT2D eigenvalue weighted by Gasteiger charge is 2.34. The Hall–Kier alpha value is -2.78. The third kappa shape index (κ3) is 7.91. The zero-order valence-electron chi connectivity index (χ0n) is 22.5. The molecule has 40 heavy (non-hydrogen) atoms. The molecule has 0 saturated carbocycles. The zero-order valence-corrected chi connectivity index (χ0v) is 25.6. The zero-order chi connectivity index (χ0) is 29.4. The molecule has 0 aliphatic heterocycles. The smallest absolute Gasteiger partial charge is 0.264 e. The predicted molar refractivity (Wildman–Crippen MR) is 161 cm³/mol. The summed E-state index contributed by atoms with van der Waals surface area (Å²) in [6.45, 7) is 5.05. The van der Waals surface area contributed by atoms with Crippen LogP contribution in [0.3, 0.4) is 0 Å². The van der Waals surface area contributed by atoms with Gasteiger partial charge in [0, 0.05) is 27.7 Å². The van der Waals surface area contributed by atoms with Crippen LogP contribution in [-0.2, 0) is 26.2 Å². The van der Waals surface area contributed by atoms with E-state index in [-0.39, 0.29) is 29.1 Å². The molecule has 3 aromatic rings. The number of nitrogens with zero attached hydrogens (tertiary/aromatic N) is 2. The standard InChI is InChI=1S/C29H32Cl3N3O4S/c1-4-20(3)33-29(37)27(5-2)34(18-21-9-6-7-12-26(21)32)28(36)19-35(24-11-8-10-23(31)17-24)40(38,39)25-15-13-22(30)14-16-25/h6-17,20,27H,4-5,18-19H2,1-3H3,(H,33,37)/t20-,27-/m0/s1.